The van der Waals surface area contributed by atoms with Crippen molar-refractivity contribution in [1.82, 2.24) is 20.0 Å². The van der Waals surface area contributed by atoms with Gasteiger partial charge in [0.05, 0.1) is 6.20 Å². The van der Waals surface area contributed by atoms with Gasteiger partial charge in [0.2, 0.25) is 0 Å². The molecule has 3 rings (SSSR count). The van der Waals surface area contributed by atoms with Crippen molar-refractivity contribution in [2.45, 2.75) is 32.5 Å². The lowest BCUT2D eigenvalue weighted by molar-refractivity contribution is 0.153. The van der Waals surface area contributed by atoms with E-state index in [1.807, 2.05) is 6.20 Å². The van der Waals surface area contributed by atoms with Crippen molar-refractivity contribution in [2.75, 3.05) is 19.6 Å². The van der Waals surface area contributed by atoms with Crippen LogP contribution < -0.4 is 5.32 Å². The molecule has 21 heavy (non-hydrogen) atoms. The lowest BCUT2D eigenvalue weighted by Crippen LogP contribution is -2.45. The van der Waals surface area contributed by atoms with Gasteiger partial charge in [-0.05, 0) is 12.0 Å². The van der Waals surface area contributed by atoms with E-state index in [-0.39, 0.29) is 0 Å². The molecule has 1 aromatic carbocycles. The first-order chi connectivity index (χ1) is 10.4. The summed E-state index contributed by atoms with van der Waals surface area (Å²) in [7, 11) is 0. The molecule has 1 saturated heterocycles. The van der Waals surface area contributed by atoms with Crippen LogP contribution in [0.25, 0.3) is 0 Å². The minimum absolute atomic E-state index is 0.453. The van der Waals surface area contributed by atoms with Crippen LogP contribution in [0, 0.1) is 0 Å². The van der Waals surface area contributed by atoms with E-state index in [9.17, 15) is 0 Å². The Hall–Kier alpha value is -1.65. The number of aromatic nitrogens is 2. The smallest absolute Gasteiger partial charge is 0.0534 e. The molecule has 0 amide bonds. The van der Waals surface area contributed by atoms with E-state index in [1.165, 1.54) is 11.1 Å². The predicted octanol–water partition coefficient (Wildman–Crippen LogP) is 2.44. The van der Waals surface area contributed by atoms with Gasteiger partial charge in [-0.2, -0.15) is 5.10 Å². The maximum absolute atomic E-state index is 4.44. The van der Waals surface area contributed by atoms with Gasteiger partial charge in [-0.1, -0.05) is 37.3 Å². The van der Waals surface area contributed by atoms with Gasteiger partial charge in [0.15, 0.2) is 0 Å². The minimum atomic E-state index is 0.453. The van der Waals surface area contributed by atoms with Gasteiger partial charge in [-0.15, -0.1) is 0 Å². The molecule has 0 aliphatic carbocycles. The highest BCUT2D eigenvalue weighted by atomic mass is 15.3. The molecule has 4 nitrogen and oxygen atoms in total. The van der Waals surface area contributed by atoms with Gasteiger partial charge in [0.1, 0.15) is 0 Å². The maximum Gasteiger partial charge on any atom is 0.0534 e. The number of aryl methyl sites for hydroxylation is 1. The topological polar surface area (TPSA) is 33.1 Å². The molecule has 1 N–H and O–H groups in total. The van der Waals surface area contributed by atoms with E-state index >= 15 is 0 Å². The zero-order valence-corrected chi connectivity index (χ0v) is 12.7. The Labute approximate surface area is 126 Å². The van der Waals surface area contributed by atoms with Crippen molar-refractivity contribution in [2.24, 2.45) is 0 Å². The minimum Gasteiger partial charge on any atom is -0.314 e. The SMILES string of the molecule is CCCn1cc(CN2CCNCC2c2ccccc2)cn1. The van der Waals surface area contributed by atoms with Crippen LogP contribution in [0.15, 0.2) is 42.7 Å². The molecule has 0 bridgehead atoms. The molecule has 1 unspecified atom stereocenters. The molecule has 1 fully saturated rings. The van der Waals surface area contributed by atoms with E-state index in [0.29, 0.717) is 6.04 Å². The van der Waals surface area contributed by atoms with Gasteiger partial charge in [0.25, 0.3) is 0 Å². The van der Waals surface area contributed by atoms with Crippen molar-refractivity contribution >= 4 is 0 Å². The van der Waals surface area contributed by atoms with Crippen molar-refractivity contribution in [3.8, 4) is 0 Å². The van der Waals surface area contributed by atoms with Gasteiger partial charge in [-0.3, -0.25) is 9.58 Å². The Bertz CT molecular complexity index is 549. The van der Waals surface area contributed by atoms with Crippen LogP contribution in [0.1, 0.15) is 30.5 Å². The van der Waals surface area contributed by atoms with Crippen LogP contribution in [0.5, 0.6) is 0 Å². The summed E-state index contributed by atoms with van der Waals surface area (Å²) in [6, 6.07) is 11.2. The average Bonchev–Trinajstić information content (AvgIpc) is 2.96. The zero-order valence-electron chi connectivity index (χ0n) is 12.7. The van der Waals surface area contributed by atoms with Gasteiger partial charge in [-0.25, -0.2) is 0 Å². The third-order valence-electron chi connectivity index (χ3n) is 4.06. The van der Waals surface area contributed by atoms with E-state index < -0.39 is 0 Å². The van der Waals surface area contributed by atoms with Crippen LogP contribution >= 0.6 is 0 Å². The first kappa shape index (κ1) is 14.3. The average molecular weight is 284 g/mol. The Balaban J connectivity index is 1.72. The van der Waals surface area contributed by atoms with Crippen LogP contribution in [-0.2, 0) is 13.1 Å². The van der Waals surface area contributed by atoms with Crippen molar-refractivity contribution < 1.29 is 0 Å². The number of piperazine rings is 1. The lowest BCUT2D eigenvalue weighted by atomic mass is 10.0. The standard InChI is InChI=1S/C17H24N4/c1-2-9-21-14-15(11-19-21)13-20-10-8-18-12-17(20)16-6-4-3-5-7-16/h3-7,11,14,17-18H,2,8-10,12-13H2,1H3. The maximum atomic E-state index is 4.44. The second-order valence-corrected chi connectivity index (χ2v) is 5.71. The molecule has 1 atom stereocenters. The molecule has 0 spiro atoms. The monoisotopic (exact) mass is 284 g/mol. The van der Waals surface area contributed by atoms with E-state index in [0.717, 1.165) is 39.1 Å². The van der Waals surface area contributed by atoms with E-state index in [2.05, 4.69) is 63.4 Å². The Morgan fingerprint density at radius 2 is 2.14 bits per heavy atom. The van der Waals surface area contributed by atoms with Gasteiger partial charge in [0, 0.05) is 50.5 Å². The number of benzene rings is 1. The fourth-order valence-corrected chi connectivity index (χ4v) is 3.01. The molecular weight excluding hydrogens is 260 g/mol. The summed E-state index contributed by atoms with van der Waals surface area (Å²) in [5.41, 5.74) is 2.71. The highest BCUT2D eigenvalue weighted by Gasteiger charge is 2.23. The second kappa shape index (κ2) is 6.87. The summed E-state index contributed by atoms with van der Waals surface area (Å²) in [6.45, 7) is 7.33. The molecule has 0 radical (unpaired) electrons. The summed E-state index contributed by atoms with van der Waals surface area (Å²) < 4.78 is 2.05. The number of rotatable bonds is 5. The Morgan fingerprint density at radius 3 is 2.95 bits per heavy atom. The molecule has 112 valence electrons. The summed E-state index contributed by atoms with van der Waals surface area (Å²) in [5, 5.41) is 7.96. The molecule has 1 aliphatic rings. The first-order valence-electron chi connectivity index (χ1n) is 7.88. The Morgan fingerprint density at radius 1 is 1.29 bits per heavy atom. The van der Waals surface area contributed by atoms with Gasteiger partial charge < -0.3 is 5.32 Å². The highest BCUT2D eigenvalue weighted by Crippen LogP contribution is 2.23. The lowest BCUT2D eigenvalue weighted by Gasteiger charge is -2.36. The molecule has 2 aromatic rings. The Kier molecular flexibility index (Phi) is 4.68. The van der Waals surface area contributed by atoms with Crippen LogP contribution in [0.4, 0.5) is 0 Å². The third-order valence-corrected chi connectivity index (χ3v) is 4.06. The first-order valence-corrected chi connectivity index (χ1v) is 7.88. The van der Waals surface area contributed by atoms with E-state index in [1.54, 1.807) is 0 Å². The summed E-state index contributed by atoms with van der Waals surface area (Å²) in [5.74, 6) is 0. The quantitative estimate of drug-likeness (QED) is 0.915. The molecule has 2 heterocycles. The third kappa shape index (κ3) is 3.52. The van der Waals surface area contributed by atoms with Gasteiger partial charge >= 0.3 is 0 Å². The van der Waals surface area contributed by atoms with Crippen molar-refractivity contribution in [3.63, 3.8) is 0 Å². The summed E-state index contributed by atoms with van der Waals surface area (Å²) in [6.07, 6.45) is 5.33. The molecule has 1 aromatic heterocycles. The number of nitrogens with one attached hydrogen (secondary N) is 1. The largest absolute Gasteiger partial charge is 0.314 e. The normalized spacial score (nSPS) is 19.8. The van der Waals surface area contributed by atoms with Crippen LogP contribution in [-0.4, -0.2) is 34.3 Å². The molecule has 0 saturated carbocycles. The summed E-state index contributed by atoms with van der Waals surface area (Å²) >= 11 is 0. The van der Waals surface area contributed by atoms with Crippen LogP contribution in [0.2, 0.25) is 0 Å². The fraction of sp³-hybridized carbons (Fsp3) is 0.471. The fourth-order valence-electron chi connectivity index (χ4n) is 3.01. The predicted molar refractivity (Wildman–Crippen MR) is 85.0 cm³/mol. The molecular formula is C17H24N4. The number of hydrogen-bond acceptors (Lipinski definition) is 3. The summed E-state index contributed by atoms with van der Waals surface area (Å²) in [4.78, 5) is 2.55. The van der Waals surface area contributed by atoms with Crippen molar-refractivity contribution in [3.05, 3.63) is 53.9 Å². The van der Waals surface area contributed by atoms with Crippen molar-refractivity contribution in [1.29, 1.82) is 0 Å². The second-order valence-electron chi connectivity index (χ2n) is 5.71. The number of hydrogen-bond donors (Lipinski definition) is 1. The molecule has 1 aliphatic heterocycles. The highest BCUT2D eigenvalue weighted by molar-refractivity contribution is 5.20. The molecule has 4 heteroatoms. The zero-order chi connectivity index (χ0) is 14.5. The van der Waals surface area contributed by atoms with Crippen LogP contribution in [0.3, 0.4) is 0 Å². The van der Waals surface area contributed by atoms with E-state index in [4.69, 9.17) is 0 Å². The number of nitrogens with zero attached hydrogens (tertiary/aromatic N) is 3.